The van der Waals surface area contributed by atoms with Gasteiger partial charge in [-0.1, -0.05) is 12.1 Å². The van der Waals surface area contributed by atoms with E-state index in [1.54, 1.807) is 18.0 Å². The van der Waals surface area contributed by atoms with Crippen molar-refractivity contribution in [2.45, 2.75) is 13.5 Å². The number of benzene rings is 1. The molecule has 4 heteroatoms. The van der Waals surface area contributed by atoms with Crippen LogP contribution in [0.5, 0.6) is 5.75 Å². The Morgan fingerprint density at radius 3 is 2.94 bits per heavy atom. The number of aryl methyl sites for hydroxylation is 1. The molecule has 88 valence electrons. The Labute approximate surface area is 99.8 Å². The van der Waals surface area contributed by atoms with Crippen LogP contribution in [0.1, 0.15) is 17.3 Å². The van der Waals surface area contributed by atoms with Gasteiger partial charge < -0.3 is 4.74 Å². The van der Waals surface area contributed by atoms with Crippen molar-refractivity contribution in [3.63, 3.8) is 0 Å². The summed E-state index contributed by atoms with van der Waals surface area (Å²) >= 11 is 0. The fourth-order valence-corrected chi connectivity index (χ4v) is 1.68. The van der Waals surface area contributed by atoms with Crippen LogP contribution < -0.4 is 4.74 Å². The summed E-state index contributed by atoms with van der Waals surface area (Å²) in [7, 11) is 1.62. The maximum absolute atomic E-state index is 11.0. The number of hydrogen-bond donors (Lipinski definition) is 0. The molecular formula is C13H14N2O2. The Morgan fingerprint density at radius 1 is 1.47 bits per heavy atom. The van der Waals surface area contributed by atoms with Crippen LogP contribution >= 0.6 is 0 Å². The zero-order valence-corrected chi connectivity index (χ0v) is 9.88. The first-order chi connectivity index (χ1) is 8.28. The summed E-state index contributed by atoms with van der Waals surface area (Å²) in [5.74, 6) is 0.755. The number of methoxy groups -OCH3 is 1. The Kier molecular flexibility index (Phi) is 3.23. The van der Waals surface area contributed by atoms with Crippen LogP contribution in [0, 0.1) is 0 Å². The molecule has 0 saturated heterocycles. The molecule has 2 aromatic rings. The second-order valence-electron chi connectivity index (χ2n) is 3.64. The Morgan fingerprint density at radius 2 is 2.29 bits per heavy atom. The van der Waals surface area contributed by atoms with E-state index in [2.05, 4.69) is 5.10 Å². The maximum Gasteiger partial charge on any atom is 0.153 e. The van der Waals surface area contributed by atoms with Crippen molar-refractivity contribution < 1.29 is 9.53 Å². The van der Waals surface area contributed by atoms with Gasteiger partial charge in [0.15, 0.2) is 6.29 Å². The van der Waals surface area contributed by atoms with E-state index in [1.165, 1.54) is 0 Å². The van der Waals surface area contributed by atoms with E-state index in [4.69, 9.17) is 4.74 Å². The van der Waals surface area contributed by atoms with Crippen molar-refractivity contribution in [1.29, 1.82) is 0 Å². The summed E-state index contributed by atoms with van der Waals surface area (Å²) in [5.41, 5.74) is 2.18. The number of carbonyl (C=O) groups is 1. The van der Waals surface area contributed by atoms with Crippen LogP contribution in [0.15, 0.2) is 30.5 Å². The highest BCUT2D eigenvalue weighted by molar-refractivity contribution is 5.85. The number of rotatable bonds is 4. The number of aldehydes is 1. The van der Waals surface area contributed by atoms with Crippen LogP contribution in [0.2, 0.25) is 0 Å². The molecular weight excluding hydrogens is 216 g/mol. The molecule has 0 aliphatic rings. The van der Waals surface area contributed by atoms with E-state index in [0.29, 0.717) is 11.3 Å². The second-order valence-corrected chi connectivity index (χ2v) is 3.64. The average molecular weight is 230 g/mol. The summed E-state index contributed by atoms with van der Waals surface area (Å²) in [5, 5.41) is 4.38. The first-order valence-corrected chi connectivity index (χ1v) is 5.45. The summed E-state index contributed by atoms with van der Waals surface area (Å²) in [6.07, 6.45) is 2.58. The maximum atomic E-state index is 11.0. The standard InChI is InChI=1S/C13H14N2O2/c1-3-15-8-11(9-16)13(14-15)10-5-4-6-12(7-10)17-2/h4-9H,3H2,1-2H3. The van der Waals surface area contributed by atoms with Gasteiger partial charge in [-0.3, -0.25) is 9.48 Å². The number of hydrogen-bond acceptors (Lipinski definition) is 3. The molecule has 0 N–H and O–H groups in total. The zero-order valence-electron chi connectivity index (χ0n) is 9.88. The molecule has 2 rings (SSSR count). The number of ether oxygens (including phenoxy) is 1. The molecule has 1 aromatic carbocycles. The van der Waals surface area contributed by atoms with Crippen LogP contribution in [0.25, 0.3) is 11.3 Å². The molecule has 0 aliphatic heterocycles. The molecule has 1 aromatic heterocycles. The van der Waals surface area contributed by atoms with Gasteiger partial charge in [-0.15, -0.1) is 0 Å². The van der Waals surface area contributed by atoms with Gasteiger partial charge in [0, 0.05) is 18.3 Å². The molecule has 0 unspecified atom stereocenters. The van der Waals surface area contributed by atoms with E-state index in [9.17, 15) is 4.79 Å². The van der Waals surface area contributed by atoms with Crippen molar-refractivity contribution in [3.05, 3.63) is 36.0 Å². The quantitative estimate of drug-likeness (QED) is 0.757. The van der Waals surface area contributed by atoms with Gasteiger partial charge in [0.05, 0.1) is 12.7 Å². The van der Waals surface area contributed by atoms with Gasteiger partial charge >= 0.3 is 0 Å². The highest BCUT2D eigenvalue weighted by Crippen LogP contribution is 2.24. The third kappa shape index (κ3) is 2.20. The van der Waals surface area contributed by atoms with Crippen molar-refractivity contribution in [2.75, 3.05) is 7.11 Å². The second kappa shape index (κ2) is 4.82. The van der Waals surface area contributed by atoms with Crippen LogP contribution in [-0.2, 0) is 6.54 Å². The molecule has 0 radical (unpaired) electrons. The Hall–Kier alpha value is -2.10. The van der Waals surface area contributed by atoms with Crippen LogP contribution in [-0.4, -0.2) is 23.2 Å². The van der Waals surface area contributed by atoms with E-state index in [0.717, 1.165) is 24.1 Å². The van der Waals surface area contributed by atoms with Gasteiger partial charge in [0.2, 0.25) is 0 Å². The first kappa shape index (κ1) is 11.4. The topological polar surface area (TPSA) is 44.1 Å². The van der Waals surface area contributed by atoms with Crippen molar-refractivity contribution in [3.8, 4) is 17.0 Å². The molecule has 0 spiro atoms. The smallest absolute Gasteiger partial charge is 0.153 e. The highest BCUT2D eigenvalue weighted by atomic mass is 16.5. The molecule has 4 nitrogen and oxygen atoms in total. The minimum Gasteiger partial charge on any atom is -0.497 e. The van der Waals surface area contributed by atoms with E-state index >= 15 is 0 Å². The normalized spacial score (nSPS) is 10.2. The van der Waals surface area contributed by atoms with Crippen molar-refractivity contribution >= 4 is 6.29 Å². The largest absolute Gasteiger partial charge is 0.497 e. The van der Waals surface area contributed by atoms with E-state index in [-0.39, 0.29) is 0 Å². The van der Waals surface area contributed by atoms with Gasteiger partial charge in [0.25, 0.3) is 0 Å². The van der Waals surface area contributed by atoms with Crippen molar-refractivity contribution in [1.82, 2.24) is 9.78 Å². The molecule has 0 aliphatic carbocycles. The number of carbonyl (C=O) groups excluding carboxylic acids is 1. The van der Waals surface area contributed by atoms with Crippen molar-refractivity contribution in [2.24, 2.45) is 0 Å². The first-order valence-electron chi connectivity index (χ1n) is 5.45. The Balaban J connectivity index is 2.50. The fourth-order valence-electron chi connectivity index (χ4n) is 1.68. The molecule has 0 atom stereocenters. The van der Waals surface area contributed by atoms with Gasteiger partial charge in [-0.05, 0) is 19.1 Å². The lowest BCUT2D eigenvalue weighted by atomic mass is 10.1. The van der Waals surface area contributed by atoms with E-state index in [1.807, 2.05) is 31.2 Å². The zero-order chi connectivity index (χ0) is 12.3. The van der Waals surface area contributed by atoms with Crippen LogP contribution in [0.3, 0.4) is 0 Å². The lowest BCUT2D eigenvalue weighted by Crippen LogP contribution is -1.94. The third-order valence-electron chi connectivity index (χ3n) is 2.58. The van der Waals surface area contributed by atoms with Gasteiger partial charge in [-0.25, -0.2) is 0 Å². The Bertz CT molecular complexity index is 532. The van der Waals surface area contributed by atoms with Gasteiger partial charge in [0.1, 0.15) is 11.4 Å². The minimum absolute atomic E-state index is 0.597. The molecule has 0 bridgehead atoms. The van der Waals surface area contributed by atoms with Crippen LogP contribution in [0.4, 0.5) is 0 Å². The predicted molar refractivity (Wildman–Crippen MR) is 65.3 cm³/mol. The average Bonchev–Trinajstić information content (AvgIpc) is 2.82. The molecule has 17 heavy (non-hydrogen) atoms. The predicted octanol–water partition coefficient (Wildman–Crippen LogP) is 2.39. The fraction of sp³-hybridized carbons (Fsp3) is 0.231. The molecule has 0 saturated carbocycles. The summed E-state index contributed by atoms with van der Waals surface area (Å²) in [6, 6.07) is 7.53. The lowest BCUT2D eigenvalue weighted by Gasteiger charge is -2.02. The molecule has 0 fully saturated rings. The third-order valence-corrected chi connectivity index (χ3v) is 2.58. The summed E-state index contributed by atoms with van der Waals surface area (Å²) < 4.78 is 6.91. The number of aromatic nitrogens is 2. The summed E-state index contributed by atoms with van der Waals surface area (Å²) in [4.78, 5) is 11.0. The lowest BCUT2D eigenvalue weighted by molar-refractivity contribution is 0.112. The molecule has 1 heterocycles. The van der Waals surface area contributed by atoms with E-state index < -0.39 is 0 Å². The molecule has 0 amide bonds. The summed E-state index contributed by atoms with van der Waals surface area (Å²) in [6.45, 7) is 2.72. The minimum atomic E-state index is 0.597. The monoisotopic (exact) mass is 230 g/mol. The SMILES string of the molecule is CCn1cc(C=O)c(-c2cccc(OC)c2)n1. The number of nitrogens with zero attached hydrogens (tertiary/aromatic N) is 2. The highest BCUT2D eigenvalue weighted by Gasteiger charge is 2.10. The van der Waals surface area contributed by atoms with Gasteiger partial charge in [-0.2, -0.15) is 5.10 Å².